The van der Waals surface area contributed by atoms with E-state index < -0.39 is 0 Å². The van der Waals surface area contributed by atoms with Crippen LogP contribution in [0.4, 0.5) is 0 Å². The highest BCUT2D eigenvalue weighted by atomic mass is 14.7. The average Bonchev–Trinajstić information content (AvgIpc) is 3.47. The lowest BCUT2D eigenvalue weighted by atomic mass is 9.89. The van der Waals surface area contributed by atoms with E-state index in [0.717, 1.165) is 0 Å². The molecule has 0 aliphatic rings. The number of para-hydroxylation sites is 2. The first-order valence-electron chi connectivity index (χ1n) is 14.9. The van der Waals surface area contributed by atoms with Gasteiger partial charge in [0, 0.05) is 21.9 Å². The third-order valence-electron chi connectivity index (χ3n) is 9.03. The van der Waals surface area contributed by atoms with Crippen LogP contribution in [0.15, 0.2) is 158 Å². The van der Waals surface area contributed by atoms with Crippen LogP contribution in [-0.4, -0.2) is 4.98 Å². The van der Waals surface area contributed by atoms with Gasteiger partial charge in [-0.2, -0.15) is 0 Å². The molecule has 1 aromatic heterocycles. The Labute approximate surface area is 249 Å². The Bertz CT molecular complexity index is 2460. The Morgan fingerprint density at radius 3 is 1.40 bits per heavy atom. The van der Waals surface area contributed by atoms with Crippen molar-refractivity contribution in [1.82, 2.24) is 4.98 Å². The van der Waals surface area contributed by atoms with E-state index in [9.17, 15) is 0 Å². The van der Waals surface area contributed by atoms with Gasteiger partial charge in [-0.3, -0.25) is 0 Å². The van der Waals surface area contributed by atoms with Gasteiger partial charge in [0.1, 0.15) is 0 Å². The highest BCUT2D eigenvalue weighted by Gasteiger charge is 2.13. The molecule has 0 fully saturated rings. The predicted molar refractivity (Wildman–Crippen MR) is 185 cm³/mol. The summed E-state index contributed by atoms with van der Waals surface area (Å²) in [6.45, 7) is 0. The van der Waals surface area contributed by atoms with Gasteiger partial charge in [0.15, 0.2) is 0 Å². The molecule has 9 rings (SSSR count). The van der Waals surface area contributed by atoms with E-state index in [1.807, 2.05) is 0 Å². The first kappa shape index (κ1) is 24.0. The fraction of sp³-hybridized carbons (Fsp3) is 0. The van der Waals surface area contributed by atoms with Crippen molar-refractivity contribution < 1.29 is 0 Å². The van der Waals surface area contributed by atoms with Crippen molar-refractivity contribution in [3.8, 4) is 33.4 Å². The normalized spacial score (nSPS) is 11.7. The molecule has 0 bridgehead atoms. The van der Waals surface area contributed by atoms with E-state index in [2.05, 4.69) is 163 Å². The molecule has 1 heterocycles. The van der Waals surface area contributed by atoms with Crippen molar-refractivity contribution in [3.63, 3.8) is 0 Å². The van der Waals surface area contributed by atoms with Gasteiger partial charge in [-0.15, -0.1) is 0 Å². The fourth-order valence-corrected chi connectivity index (χ4v) is 7.00. The SMILES string of the molecule is c1ccc(-c2ccc3c4ccccc4c4ccccc4c3c2)c(-c2ccc(-c3cccc4c3[nH]c3ccccc34)cc2)c1. The van der Waals surface area contributed by atoms with Gasteiger partial charge < -0.3 is 4.98 Å². The maximum absolute atomic E-state index is 3.66. The van der Waals surface area contributed by atoms with Crippen LogP contribution >= 0.6 is 0 Å². The topological polar surface area (TPSA) is 15.8 Å². The van der Waals surface area contributed by atoms with Crippen molar-refractivity contribution in [2.45, 2.75) is 0 Å². The summed E-state index contributed by atoms with van der Waals surface area (Å²) in [5.41, 5.74) is 9.72. The third kappa shape index (κ3) is 3.72. The average molecular weight is 546 g/mol. The molecule has 0 amide bonds. The number of nitrogens with one attached hydrogen (secondary N) is 1. The smallest absolute Gasteiger partial charge is 0.0544 e. The van der Waals surface area contributed by atoms with Crippen molar-refractivity contribution in [2.24, 2.45) is 0 Å². The zero-order valence-corrected chi connectivity index (χ0v) is 23.5. The van der Waals surface area contributed by atoms with Crippen LogP contribution in [0, 0.1) is 0 Å². The second-order valence-electron chi connectivity index (χ2n) is 11.4. The van der Waals surface area contributed by atoms with Crippen molar-refractivity contribution in [1.29, 1.82) is 0 Å². The quantitative estimate of drug-likeness (QED) is 0.213. The molecule has 8 aromatic carbocycles. The van der Waals surface area contributed by atoms with Crippen LogP contribution in [0.5, 0.6) is 0 Å². The van der Waals surface area contributed by atoms with Crippen molar-refractivity contribution in [3.05, 3.63) is 158 Å². The maximum atomic E-state index is 3.66. The largest absolute Gasteiger partial charge is 0.354 e. The summed E-state index contributed by atoms with van der Waals surface area (Å²) < 4.78 is 0. The highest BCUT2D eigenvalue weighted by molar-refractivity contribution is 6.25. The molecule has 0 atom stereocenters. The minimum absolute atomic E-state index is 1.17. The number of fused-ring (bicyclic) bond motifs is 9. The van der Waals surface area contributed by atoms with Crippen LogP contribution in [0.3, 0.4) is 0 Å². The van der Waals surface area contributed by atoms with E-state index in [1.54, 1.807) is 0 Å². The Morgan fingerprint density at radius 2 is 0.721 bits per heavy atom. The molecule has 9 aromatic rings. The summed E-state index contributed by atoms with van der Waals surface area (Å²) in [6, 6.07) is 57.5. The maximum Gasteiger partial charge on any atom is 0.0544 e. The van der Waals surface area contributed by atoms with E-state index in [0.29, 0.717) is 0 Å². The van der Waals surface area contributed by atoms with E-state index in [4.69, 9.17) is 0 Å². The summed E-state index contributed by atoms with van der Waals surface area (Å²) in [6.07, 6.45) is 0. The molecule has 1 heteroatoms. The molecule has 0 radical (unpaired) electrons. The fourth-order valence-electron chi connectivity index (χ4n) is 7.00. The number of hydrogen-bond acceptors (Lipinski definition) is 0. The Balaban J connectivity index is 1.17. The number of rotatable bonds is 3. The number of hydrogen-bond donors (Lipinski definition) is 1. The van der Waals surface area contributed by atoms with Crippen LogP contribution < -0.4 is 0 Å². The van der Waals surface area contributed by atoms with E-state index in [1.165, 1.54) is 87.5 Å². The molecule has 1 nitrogen and oxygen atoms in total. The summed E-state index contributed by atoms with van der Waals surface area (Å²) in [7, 11) is 0. The molecule has 0 aliphatic carbocycles. The van der Waals surface area contributed by atoms with Crippen LogP contribution in [0.25, 0.3) is 87.5 Å². The molecule has 43 heavy (non-hydrogen) atoms. The van der Waals surface area contributed by atoms with Gasteiger partial charge >= 0.3 is 0 Å². The minimum atomic E-state index is 1.17. The molecule has 0 saturated carbocycles. The predicted octanol–water partition coefficient (Wildman–Crippen LogP) is 11.8. The molecular weight excluding hydrogens is 518 g/mol. The van der Waals surface area contributed by atoms with Gasteiger partial charge in [-0.25, -0.2) is 0 Å². The summed E-state index contributed by atoms with van der Waals surface area (Å²) in [4.78, 5) is 3.66. The highest BCUT2D eigenvalue weighted by Crippen LogP contribution is 2.40. The molecule has 0 unspecified atom stereocenters. The monoisotopic (exact) mass is 545 g/mol. The van der Waals surface area contributed by atoms with E-state index in [-0.39, 0.29) is 0 Å². The Morgan fingerprint density at radius 1 is 0.279 bits per heavy atom. The van der Waals surface area contributed by atoms with Gasteiger partial charge in [0.05, 0.1) is 5.52 Å². The Kier molecular flexibility index (Phi) is 5.27. The number of aromatic nitrogens is 1. The van der Waals surface area contributed by atoms with Gasteiger partial charge in [0.2, 0.25) is 0 Å². The van der Waals surface area contributed by atoms with Crippen LogP contribution in [0.1, 0.15) is 0 Å². The summed E-state index contributed by atoms with van der Waals surface area (Å²) in [5.74, 6) is 0. The van der Waals surface area contributed by atoms with Gasteiger partial charge in [-0.05, 0) is 72.3 Å². The van der Waals surface area contributed by atoms with E-state index >= 15 is 0 Å². The lowest BCUT2D eigenvalue weighted by Gasteiger charge is -2.14. The third-order valence-corrected chi connectivity index (χ3v) is 9.03. The lowest BCUT2D eigenvalue weighted by Crippen LogP contribution is -1.88. The van der Waals surface area contributed by atoms with Crippen molar-refractivity contribution in [2.75, 3.05) is 0 Å². The number of aromatic amines is 1. The van der Waals surface area contributed by atoms with Crippen LogP contribution in [0.2, 0.25) is 0 Å². The molecule has 0 spiro atoms. The first-order valence-corrected chi connectivity index (χ1v) is 14.9. The zero-order chi connectivity index (χ0) is 28.3. The summed E-state index contributed by atoms with van der Waals surface area (Å²) >= 11 is 0. The number of H-pyrrole nitrogens is 1. The van der Waals surface area contributed by atoms with Crippen LogP contribution in [-0.2, 0) is 0 Å². The molecular formula is C42H27N. The molecule has 1 N–H and O–H groups in total. The summed E-state index contributed by atoms with van der Waals surface area (Å²) in [5, 5.41) is 10.3. The standard InChI is InChI=1S/C42H27N/c1-2-11-31(29-24-25-37-35-14-4-3-12-33(35)34-13-5-6-15-36(34)40(37)26-29)30(10-1)27-20-22-28(23-21-27)32-17-9-18-39-38-16-7-8-19-41(38)43-42(32)39/h1-26,43H. The first-order chi connectivity index (χ1) is 21.3. The minimum Gasteiger partial charge on any atom is -0.354 e. The lowest BCUT2D eigenvalue weighted by molar-refractivity contribution is 1.53. The van der Waals surface area contributed by atoms with Gasteiger partial charge in [-0.1, -0.05) is 146 Å². The molecule has 200 valence electrons. The second kappa shape index (κ2) is 9.44. The zero-order valence-electron chi connectivity index (χ0n) is 23.5. The van der Waals surface area contributed by atoms with Gasteiger partial charge in [0.25, 0.3) is 0 Å². The second-order valence-corrected chi connectivity index (χ2v) is 11.4. The Hall–Kier alpha value is -5.66. The van der Waals surface area contributed by atoms with Crippen molar-refractivity contribution >= 4 is 54.1 Å². The molecule has 0 saturated heterocycles. The molecule has 0 aliphatic heterocycles. The number of benzene rings is 8.